The predicted octanol–water partition coefficient (Wildman–Crippen LogP) is 2.52. The van der Waals surface area contributed by atoms with Gasteiger partial charge in [0.1, 0.15) is 0 Å². The fraction of sp³-hybridized carbons (Fsp3) is 0.286. The van der Waals surface area contributed by atoms with Crippen molar-refractivity contribution < 1.29 is 4.74 Å². The van der Waals surface area contributed by atoms with E-state index in [-0.39, 0.29) is 0 Å². The second-order valence-electron chi connectivity index (χ2n) is 4.43. The Hall–Kier alpha value is -1.63. The van der Waals surface area contributed by atoms with Crippen LogP contribution in [0.25, 0.3) is 0 Å². The van der Waals surface area contributed by atoms with Crippen LogP contribution in [0.3, 0.4) is 0 Å². The van der Waals surface area contributed by atoms with Crippen LogP contribution in [0.1, 0.15) is 5.56 Å². The number of rotatable bonds is 6. The largest absolute Gasteiger partial charge is 0.383 e. The van der Waals surface area contributed by atoms with Gasteiger partial charge in [0.25, 0.3) is 0 Å². The minimum Gasteiger partial charge on any atom is -0.383 e. The number of thiocarbonyl (C=S) groups is 1. The lowest BCUT2D eigenvalue weighted by molar-refractivity contribution is 0.204. The molecule has 2 N–H and O–H groups in total. The number of hydrogen-bond donors (Lipinski definition) is 2. The third-order valence-corrected chi connectivity index (χ3v) is 3.20. The van der Waals surface area contributed by atoms with Crippen LogP contribution in [0.15, 0.2) is 36.7 Å². The van der Waals surface area contributed by atoms with Gasteiger partial charge in [-0.3, -0.25) is 4.68 Å². The second-order valence-corrected chi connectivity index (χ2v) is 5.27. The van der Waals surface area contributed by atoms with E-state index in [9.17, 15) is 0 Å². The molecule has 0 aliphatic heterocycles. The zero-order chi connectivity index (χ0) is 15.1. The van der Waals surface area contributed by atoms with Gasteiger partial charge >= 0.3 is 0 Å². The van der Waals surface area contributed by atoms with E-state index in [1.807, 2.05) is 35.1 Å². The summed E-state index contributed by atoms with van der Waals surface area (Å²) in [7, 11) is 1.65. The van der Waals surface area contributed by atoms with Crippen molar-refractivity contribution >= 4 is 34.6 Å². The van der Waals surface area contributed by atoms with Crippen molar-refractivity contribution in [3.8, 4) is 0 Å². The minimum absolute atomic E-state index is 0.550. The van der Waals surface area contributed by atoms with Crippen molar-refractivity contribution in [3.05, 3.63) is 47.2 Å². The smallest absolute Gasteiger partial charge is 0.170 e. The number of ether oxygens (including phenoxy) is 1. The number of nitrogens with zero attached hydrogens (tertiary/aromatic N) is 2. The third kappa shape index (κ3) is 5.34. The number of nitrogens with one attached hydrogen (secondary N) is 2. The highest BCUT2D eigenvalue weighted by molar-refractivity contribution is 7.80. The molecule has 1 aromatic carbocycles. The highest BCUT2D eigenvalue weighted by Gasteiger charge is 2.02. The van der Waals surface area contributed by atoms with E-state index >= 15 is 0 Å². The zero-order valence-electron chi connectivity index (χ0n) is 11.7. The Balaban J connectivity index is 1.88. The van der Waals surface area contributed by atoms with Crippen molar-refractivity contribution in [2.45, 2.75) is 6.54 Å². The van der Waals surface area contributed by atoms with Crippen LogP contribution in [-0.2, 0) is 11.3 Å². The molecule has 7 heteroatoms. The van der Waals surface area contributed by atoms with Gasteiger partial charge in [0, 0.05) is 24.9 Å². The summed E-state index contributed by atoms with van der Waals surface area (Å²) < 4.78 is 6.77. The van der Waals surface area contributed by atoms with Gasteiger partial charge in [-0.2, -0.15) is 5.10 Å². The lowest BCUT2D eigenvalue weighted by Gasteiger charge is -2.07. The van der Waals surface area contributed by atoms with Crippen molar-refractivity contribution in [1.29, 1.82) is 0 Å². The van der Waals surface area contributed by atoms with Gasteiger partial charge < -0.3 is 15.4 Å². The van der Waals surface area contributed by atoms with Crippen molar-refractivity contribution in [1.82, 2.24) is 15.1 Å². The van der Waals surface area contributed by atoms with E-state index in [4.69, 9.17) is 28.6 Å². The Kier molecular flexibility index (Phi) is 5.98. The topological polar surface area (TPSA) is 51.1 Å². The van der Waals surface area contributed by atoms with Gasteiger partial charge in [-0.05, 0) is 29.9 Å². The van der Waals surface area contributed by atoms with Crippen molar-refractivity contribution in [2.24, 2.45) is 0 Å². The predicted molar refractivity (Wildman–Crippen MR) is 88.9 cm³/mol. The van der Waals surface area contributed by atoms with Crippen LogP contribution in [0.4, 0.5) is 5.69 Å². The number of hydrogen-bond acceptors (Lipinski definition) is 3. The summed E-state index contributed by atoms with van der Waals surface area (Å²) in [6.45, 7) is 1.93. The van der Waals surface area contributed by atoms with Gasteiger partial charge in [-0.1, -0.05) is 23.7 Å². The van der Waals surface area contributed by atoms with E-state index in [0.717, 1.165) is 16.3 Å². The summed E-state index contributed by atoms with van der Waals surface area (Å²) in [5.74, 6) is 0. The quantitative estimate of drug-likeness (QED) is 0.631. The molecule has 112 valence electrons. The number of methoxy groups -OCH3 is 1. The minimum atomic E-state index is 0.550. The van der Waals surface area contributed by atoms with Crippen LogP contribution < -0.4 is 10.6 Å². The molecule has 5 nitrogen and oxygen atoms in total. The fourth-order valence-electron chi connectivity index (χ4n) is 1.78. The number of halogens is 1. The molecule has 1 heterocycles. The van der Waals surface area contributed by atoms with Gasteiger partial charge in [0.2, 0.25) is 0 Å². The molecular weight excluding hydrogens is 308 g/mol. The molecule has 0 saturated heterocycles. The maximum atomic E-state index is 5.97. The standard InChI is InChI=1S/C14H17ClN4OS/c1-20-6-5-16-14(21)18-13-8-17-19(10-13)9-11-3-2-4-12(15)7-11/h2-4,7-8,10H,5-6,9H2,1H3,(H2,16,18,21). The zero-order valence-corrected chi connectivity index (χ0v) is 13.2. The Labute approximate surface area is 134 Å². The normalized spacial score (nSPS) is 10.4. The molecule has 0 radical (unpaired) electrons. The molecule has 0 amide bonds. The van der Waals surface area contributed by atoms with E-state index in [2.05, 4.69) is 15.7 Å². The van der Waals surface area contributed by atoms with Crippen LogP contribution in [0, 0.1) is 0 Å². The summed E-state index contributed by atoms with van der Waals surface area (Å²) >= 11 is 11.1. The molecule has 2 aromatic rings. The van der Waals surface area contributed by atoms with Gasteiger partial charge in [-0.25, -0.2) is 0 Å². The van der Waals surface area contributed by atoms with E-state index in [1.165, 1.54) is 0 Å². The van der Waals surface area contributed by atoms with Gasteiger partial charge in [0.05, 0.1) is 25.0 Å². The monoisotopic (exact) mass is 324 g/mol. The lowest BCUT2D eigenvalue weighted by Crippen LogP contribution is -2.30. The molecule has 0 aliphatic rings. The van der Waals surface area contributed by atoms with Crippen molar-refractivity contribution in [3.63, 3.8) is 0 Å². The summed E-state index contributed by atoms with van der Waals surface area (Å²) in [6, 6.07) is 7.71. The molecule has 2 rings (SSSR count). The van der Waals surface area contributed by atoms with Gasteiger partial charge in [0.15, 0.2) is 5.11 Å². The first kappa shape index (κ1) is 15.8. The Morgan fingerprint density at radius 2 is 2.33 bits per heavy atom. The van der Waals surface area contributed by atoms with E-state index in [1.54, 1.807) is 13.3 Å². The van der Waals surface area contributed by atoms with E-state index in [0.29, 0.717) is 24.8 Å². The highest BCUT2D eigenvalue weighted by atomic mass is 35.5. The van der Waals surface area contributed by atoms with Crippen LogP contribution in [0.5, 0.6) is 0 Å². The van der Waals surface area contributed by atoms with E-state index < -0.39 is 0 Å². The number of benzene rings is 1. The molecule has 0 unspecified atom stereocenters. The Bertz CT molecular complexity index is 602. The van der Waals surface area contributed by atoms with Crippen molar-refractivity contribution in [2.75, 3.05) is 25.6 Å². The summed E-state index contributed by atoms with van der Waals surface area (Å²) in [6.07, 6.45) is 3.63. The highest BCUT2D eigenvalue weighted by Crippen LogP contribution is 2.13. The summed E-state index contributed by atoms with van der Waals surface area (Å²) in [5, 5.41) is 11.7. The maximum Gasteiger partial charge on any atom is 0.170 e. The first-order chi connectivity index (χ1) is 10.2. The number of aromatic nitrogens is 2. The molecule has 0 spiro atoms. The van der Waals surface area contributed by atoms with Crippen LogP contribution in [0.2, 0.25) is 5.02 Å². The molecule has 21 heavy (non-hydrogen) atoms. The number of anilines is 1. The molecular formula is C14H17ClN4OS. The summed E-state index contributed by atoms with van der Waals surface area (Å²) in [5.41, 5.74) is 1.94. The Morgan fingerprint density at radius 3 is 3.10 bits per heavy atom. The molecule has 1 aromatic heterocycles. The molecule has 0 aliphatic carbocycles. The van der Waals surface area contributed by atoms with Gasteiger partial charge in [-0.15, -0.1) is 0 Å². The fourth-order valence-corrected chi connectivity index (χ4v) is 2.21. The SMILES string of the molecule is COCCNC(=S)Nc1cnn(Cc2cccc(Cl)c2)c1. The van der Waals surface area contributed by atoms with Crippen LogP contribution in [-0.4, -0.2) is 35.2 Å². The first-order valence-electron chi connectivity index (χ1n) is 6.48. The molecule has 0 bridgehead atoms. The average molecular weight is 325 g/mol. The van der Waals surface area contributed by atoms with Crippen LogP contribution >= 0.6 is 23.8 Å². The lowest BCUT2D eigenvalue weighted by atomic mass is 10.2. The molecule has 0 saturated carbocycles. The maximum absolute atomic E-state index is 5.97. The first-order valence-corrected chi connectivity index (χ1v) is 7.26. The second kappa shape index (κ2) is 7.97. The summed E-state index contributed by atoms with van der Waals surface area (Å²) in [4.78, 5) is 0. The molecule has 0 fully saturated rings. The Morgan fingerprint density at radius 1 is 1.48 bits per heavy atom. The third-order valence-electron chi connectivity index (χ3n) is 2.72. The molecule has 0 atom stereocenters. The average Bonchev–Trinajstić information content (AvgIpc) is 2.86.